The lowest BCUT2D eigenvalue weighted by Crippen LogP contribution is -2.42. The van der Waals surface area contributed by atoms with E-state index in [1.54, 1.807) is 21.3 Å². The number of unbranched alkanes of at least 4 members (excludes halogenated alkanes) is 24. The van der Waals surface area contributed by atoms with Crippen molar-refractivity contribution in [2.24, 2.45) is 0 Å². The highest BCUT2D eigenvalue weighted by Crippen LogP contribution is 2.27. The Morgan fingerprint density at radius 1 is 0.407 bits per heavy atom. The zero-order valence-electron chi connectivity index (χ0n) is 34.3. The van der Waals surface area contributed by atoms with Crippen molar-refractivity contribution in [2.75, 3.05) is 21.3 Å². The highest BCUT2D eigenvalue weighted by Gasteiger charge is 2.36. The van der Waals surface area contributed by atoms with Crippen LogP contribution in [0.15, 0.2) is 0 Å². The molecule has 1 N–H and O–H groups in total. The predicted molar refractivity (Wildman–Crippen MR) is 221 cm³/mol. The fourth-order valence-electron chi connectivity index (χ4n) is 5.26. The smallest absolute Gasteiger partial charge is 0.500 e. The van der Waals surface area contributed by atoms with Crippen LogP contribution in [0.1, 0.15) is 181 Å². The number of alkyl halides is 6. The van der Waals surface area contributed by atoms with Crippen molar-refractivity contribution in [1.29, 1.82) is 0 Å². The molecule has 0 bridgehead atoms. The van der Waals surface area contributed by atoms with Gasteiger partial charge < -0.3 is 28.3 Å². The Bertz CT molecular complexity index is 618. The Morgan fingerprint density at radius 3 is 0.741 bits per heavy atom. The minimum Gasteiger partial charge on any atom is -0.870 e. The van der Waals surface area contributed by atoms with Crippen LogP contribution >= 0.6 is 33.2 Å². The largest absolute Gasteiger partial charge is 0.870 e. The molecule has 0 aliphatic carbocycles. The van der Waals surface area contributed by atoms with E-state index in [-0.39, 0.29) is 5.48 Å². The standard InChI is InChI=1S/C18H40O3Si.C15H31Cl3Si.2CHF3.2CH2O.H2O/c1-5-6-7-8-9-10-11-12-13-14-15-16-17-18-22(19-2,20-3)21-4;1-2-3-4-5-6-7-8-9-10-11-12-13-14-15-19(16,17)18;2*2-1(3)4;2*1-2;/h5-18H2,1-4H3;2-15H2,1H3;2*1H;2*1H2;1H2/p-1. The van der Waals surface area contributed by atoms with Crippen molar-refractivity contribution in [3.05, 3.63) is 0 Å². The second kappa shape index (κ2) is 59.8. The molecule has 6 nitrogen and oxygen atoms in total. The summed E-state index contributed by atoms with van der Waals surface area (Å²) in [6.07, 6.45) is 35.6. The van der Waals surface area contributed by atoms with Crippen molar-refractivity contribution >= 4 is 61.6 Å². The Morgan fingerprint density at radius 2 is 0.574 bits per heavy atom. The first-order valence-corrected chi connectivity index (χ1v) is 26.6. The van der Waals surface area contributed by atoms with Gasteiger partial charge in [0.05, 0.1) is 0 Å². The first kappa shape index (κ1) is 68.7. The van der Waals surface area contributed by atoms with Gasteiger partial charge in [-0.25, -0.2) is 0 Å². The van der Waals surface area contributed by atoms with E-state index >= 15 is 0 Å². The van der Waals surface area contributed by atoms with Crippen LogP contribution in [-0.2, 0) is 22.9 Å². The molecule has 0 amide bonds. The second-order valence-corrected chi connectivity index (χ2v) is 24.8. The van der Waals surface area contributed by atoms with Crippen molar-refractivity contribution < 1.29 is 54.7 Å². The number of halogens is 9. The van der Waals surface area contributed by atoms with Gasteiger partial charge in [0.15, 0.2) is 0 Å². The normalized spacial score (nSPS) is 10.6. The summed E-state index contributed by atoms with van der Waals surface area (Å²) in [6.45, 7) is 1.22. The Hall–Kier alpha value is 0.0638. The quantitative estimate of drug-likeness (QED) is 0.0298. The average molecular weight is 896 g/mol. The summed E-state index contributed by atoms with van der Waals surface area (Å²) in [4.78, 5) is 16.0. The van der Waals surface area contributed by atoms with Crippen LogP contribution in [0.4, 0.5) is 26.3 Å². The fraction of sp³-hybridized carbons (Fsp3) is 0.946. The molecule has 0 radical (unpaired) electrons. The van der Waals surface area contributed by atoms with Gasteiger partial charge in [0.1, 0.15) is 13.6 Å². The van der Waals surface area contributed by atoms with Gasteiger partial charge in [0.2, 0.25) is 0 Å². The summed E-state index contributed by atoms with van der Waals surface area (Å²) in [7, 11) is 2.77. The van der Waals surface area contributed by atoms with E-state index in [1.165, 1.54) is 154 Å². The molecular weight excluding hydrogens is 817 g/mol. The molecule has 0 rings (SSSR count). The predicted octanol–water partition coefficient (Wildman–Crippen LogP) is 15.5. The minimum atomic E-state index is -3.67. The maximum atomic E-state index is 9.67. The minimum absolute atomic E-state index is 0. The summed E-state index contributed by atoms with van der Waals surface area (Å²) in [5.41, 5.74) is 0. The molecule has 0 saturated heterocycles. The Labute approximate surface area is 342 Å². The van der Waals surface area contributed by atoms with Crippen LogP contribution in [-0.4, -0.2) is 68.5 Å². The van der Waals surface area contributed by atoms with Crippen molar-refractivity contribution in [1.82, 2.24) is 0 Å². The highest BCUT2D eigenvalue weighted by atomic mass is 35.8. The number of rotatable bonds is 31. The number of carbonyl (C=O) groups is 2. The van der Waals surface area contributed by atoms with E-state index in [2.05, 4.69) is 13.8 Å². The summed E-state index contributed by atoms with van der Waals surface area (Å²) >= 11 is 17.5. The van der Waals surface area contributed by atoms with Crippen molar-refractivity contribution in [2.45, 2.75) is 206 Å². The lowest BCUT2D eigenvalue weighted by atomic mass is 10.1. The zero-order valence-corrected chi connectivity index (χ0v) is 38.5. The third-order valence-electron chi connectivity index (χ3n) is 8.08. The van der Waals surface area contributed by atoms with Crippen LogP contribution in [0, 0.1) is 0 Å². The van der Waals surface area contributed by atoms with Gasteiger partial charge in [0, 0.05) is 27.4 Å². The number of carbonyl (C=O) groups excluding carboxylic acids is 2. The second-order valence-electron chi connectivity index (χ2n) is 12.4. The molecule has 0 aliphatic rings. The van der Waals surface area contributed by atoms with Crippen molar-refractivity contribution in [3.63, 3.8) is 0 Å². The number of hydrogen-bond donors (Lipinski definition) is 0. The maximum Gasteiger partial charge on any atom is 0.500 e. The van der Waals surface area contributed by atoms with Gasteiger partial charge in [-0.15, -0.1) is 33.2 Å². The number of hydrogen-bond acceptors (Lipinski definition) is 6. The van der Waals surface area contributed by atoms with Gasteiger partial charge >= 0.3 is 28.2 Å². The maximum absolute atomic E-state index is 9.67. The van der Waals surface area contributed by atoms with Gasteiger partial charge in [-0.3, -0.25) is 0 Å². The van der Waals surface area contributed by atoms with Crippen molar-refractivity contribution in [3.8, 4) is 0 Å². The van der Waals surface area contributed by atoms with Crippen LogP contribution in [0.3, 0.4) is 0 Å². The summed E-state index contributed by atoms with van der Waals surface area (Å²) in [5.74, 6) is 0. The molecular formula is C37H78Cl3F6O6Si2-. The van der Waals surface area contributed by atoms with E-state index in [0.717, 1.165) is 24.9 Å². The molecule has 0 aliphatic heterocycles. The topological polar surface area (TPSA) is 91.8 Å². The van der Waals surface area contributed by atoms with E-state index in [4.69, 9.17) is 56.1 Å². The SMILES string of the molecule is C=O.C=O.CCCCCCCCCCCCCCC[Si](Cl)(Cl)Cl.CCCCCCCCCCCCCCC[Si](OC)(OC)OC.FC(F)F.FC(F)F.[OH-]. The van der Waals surface area contributed by atoms with Gasteiger partial charge in [-0.1, -0.05) is 174 Å². The molecule has 0 saturated carbocycles. The Balaban J connectivity index is -0.000000125. The first-order chi connectivity index (χ1) is 25.3. The summed E-state index contributed by atoms with van der Waals surface area (Å²) in [6, 6.07) is -0.573. The average Bonchev–Trinajstić information content (AvgIpc) is 3.12. The fourth-order valence-corrected chi connectivity index (χ4v) is 8.91. The molecule has 334 valence electrons. The van der Waals surface area contributed by atoms with E-state index in [0.29, 0.717) is 0 Å². The van der Waals surface area contributed by atoms with E-state index in [9.17, 15) is 26.3 Å². The van der Waals surface area contributed by atoms with Crippen LogP contribution in [0.2, 0.25) is 12.1 Å². The van der Waals surface area contributed by atoms with Crippen LogP contribution in [0.25, 0.3) is 0 Å². The monoisotopic (exact) mass is 893 g/mol. The third-order valence-corrected chi connectivity index (χ3v) is 13.5. The molecule has 54 heavy (non-hydrogen) atoms. The molecule has 0 atom stereocenters. The molecule has 0 spiro atoms. The molecule has 0 unspecified atom stereocenters. The molecule has 0 aromatic rings. The van der Waals surface area contributed by atoms with Gasteiger partial charge in [-0.2, -0.15) is 26.3 Å². The summed E-state index contributed by atoms with van der Waals surface area (Å²) in [5, 5.41) is 0. The molecule has 0 heterocycles. The Kier molecular flexibility index (Phi) is 76.0. The van der Waals surface area contributed by atoms with Crippen LogP contribution in [0.5, 0.6) is 0 Å². The lowest BCUT2D eigenvalue weighted by Gasteiger charge is -2.24. The molecule has 0 aromatic carbocycles. The van der Waals surface area contributed by atoms with Gasteiger partial charge in [0.25, 0.3) is 0 Å². The van der Waals surface area contributed by atoms with E-state index < -0.39 is 28.2 Å². The summed E-state index contributed by atoms with van der Waals surface area (Å²) < 4.78 is 74.3. The highest BCUT2D eigenvalue weighted by molar-refractivity contribution is 7.64. The lowest BCUT2D eigenvalue weighted by molar-refractivity contribution is -0.0987. The molecule has 0 fully saturated rings. The third kappa shape index (κ3) is 80.5. The van der Waals surface area contributed by atoms with E-state index in [1.807, 2.05) is 13.6 Å². The van der Waals surface area contributed by atoms with Crippen LogP contribution < -0.4 is 0 Å². The van der Waals surface area contributed by atoms with Gasteiger partial charge in [-0.05, 0) is 12.5 Å². The molecule has 17 heteroatoms. The first-order valence-electron chi connectivity index (χ1n) is 19.4. The zero-order chi connectivity index (χ0) is 42.1. The molecule has 0 aromatic heterocycles.